The van der Waals surface area contributed by atoms with Crippen LogP contribution in [-0.4, -0.2) is 25.6 Å². The van der Waals surface area contributed by atoms with Crippen LogP contribution in [0.25, 0.3) is 0 Å². The highest BCUT2D eigenvalue weighted by atomic mass is 16.5. The van der Waals surface area contributed by atoms with E-state index in [4.69, 9.17) is 10.5 Å². The molecule has 1 atom stereocenters. The summed E-state index contributed by atoms with van der Waals surface area (Å²) in [5, 5.41) is 2.73. The fourth-order valence-corrected chi connectivity index (χ4v) is 2.74. The Balaban J connectivity index is 1.86. The Bertz CT molecular complexity index is 789. The molecule has 1 unspecified atom stereocenters. The van der Waals surface area contributed by atoms with Crippen LogP contribution in [-0.2, 0) is 16.0 Å². The van der Waals surface area contributed by atoms with Crippen molar-refractivity contribution in [1.29, 1.82) is 0 Å². The van der Waals surface area contributed by atoms with E-state index in [9.17, 15) is 4.79 Å². The topological polar surface area (TPSA) is 64.3 Å². The second kappa shape index (κ2) is 7.78. The quantitative estimate of drug-likeness (QED) is 0.825. The normalized spacial score (nSPS) is 15.1. The van der Waals surface area contributed by atoms with Crippen molar-refractivity contribution in [2.75, 3.05) is 19.7 Å². The molecule has 4 nitrogen and oxygen atoms in total. The number of nitrogens with one attached hydrogen (secondary N) is 1. The molecular weight excluding hydrogens is 300 g/mol. The van der Waals surface area contributed by atoms with Crippen LogP contribution in [0, 0.1) is 11.8 Å². The number of fused-ring (bicyclic) bond motifs is 2. The first-order valence-electron chi connectivity index (χ1n) is 8.05. The summed E-state index contributed by atoms with van der Waals surface area (Å²) in [5.74, 6) is 6.31. The van der Waals surface area contributed by atoms with Gasteiger partial charge in [0.1, 0.15) is 6.61 Å². The van der Waals surface area contributed by atoms with E-state index in [0.29, 0.717) is 19.5 Å². The fraction of sp³-hybridized carbons (Fsp3) is 0.250. The minimum atomic E-state index is -0.208. The average molecular weight is 320 g/mol. The lowest BCUT2D eigenvalue weighted by Gasteiger charge is -2.21. The Labute approximate surface area is 142 Å². The van der Waals surface area contributed by atoms with Gasteiger partial charge in [0.2, 0.25) is 5.91 Å². The summed E-state index contributed by atoms with van der Waals surface area (Å²) in [6, 6.07) is 16.0. The van der Waals surface area contributed by atoms with Gasteiger partial charge in [0, 0.05) is 30.6 Å². The summed E-state index contributed by atoms with van der Waals surface area (Å²) < 4.78 is 5.94. The van der Waals surface area contributed by atoms with Gasteiger partial charge in [-0.05, 0) is 23.3 Å². The van der Waals surface area contributed by atoms with Crippen LogP contribution in [0.15, 0.2) is 48.5 Å². The molecule has 24 heavy (non-hydrogen) atoms. The first-order valence-corrected chi connectivity index (χ1v) is 8.05. The Hall–Kier alpha value is -2.61. The van der Waals surface area contributed by atoms with Gasteiger partial charge in [-0.15, -0.1) is 0 Å². The van der Waals surface area contributed by atoms with Gasteiger partial charge in [-0.3, -0.25) is 4.79 Å². The summed E-state index contributed by atoms with van der Waals surface area (Å²) in [7, 11) is 0. The molecule has 1 amide bonds. The molecule has 1 aliphatic carbocycles. The summed E-state index contributed by atoms with van der Waals surface area (Å²) in [6.45, 7) is 0.882. The van der Waals surface area contributed by atoms with E-state index >= 15 is 0 Å². The van der Waals surface area contributed by atoms with Gasteiger partial charge < -0.3 is 15.8 Å². The number of rotatable bonds is 5. The number of hydrogen-bond acceptors (Lipinski definition) is 3. The minimum Gasteiger partial charge on any atom is -0.363 e. The van der Waals surface area contributed by atoms with Gasteiger partial charge in [0.25, 0.3) is 0 Å². The minimum absolute atomic E-state index is 0.00853. The maximum Gasteiger partial charge on any atom is 0.246 e. The zero-order chi connectivity index (χ0) is 16.8. The number of carbonyl (C=O) groups excluding carboxylic acids is 1. The maximum atomic E-state index is 11.8. The van der Waals surface area contributed by atoms with E-state index in [0.717, 1.165) is 22.3 Å². The lowest BCUT2D eigenvalue weighted by Crippen LogP contribution is -2.32. The number of ether oxygens (including phenoxy) is 1. The molecule has 0 radical (unpaired) electrons. The number of amides is 1. The van der Waals surface area contributed by atoms with Gasteiger partial charge >= 0.3 is 0 Å². The second-order valence-corrected chi connectivity index (χ2v) is 5.64. The number of hydrogen-bond donors (Lipinski definition) is 2. The summed E-state index contributed by atoms with van der Waals surface area (Å²) in [4.78, 5) is 11.8. The number of nitrogens with two attached hydrogens (primary N) is 1. The Morgan fingerprint density at radius 3 is 2.67 bits per heavy atom. The molecule has 0 heterocycles. The number of carbonyl (C=O) groups is 1. The lowest BCUT2D eigenvalue weighted by molar-refractivity contribution is -0.127. The molecule has 2 aromatic carbocycles. The zero-order valence-electron chi connectivity index (χ0n) is 13.4. The van der Waals surface area contributed by atoms with Crippen LogP contribution in [0.1, 0.15) is 28.4 Å². The fourth-order valence-electron chi connectivity index (χ4n) is 2.74. The van der Waals surface area contributed by atoms with Crippen molar-refractivity contribution >= 4 is 5.91 Å². The molecule has 1 aliphatic rings. The molecule has 0 spiro atoms. The third-order valence-corrected chi connectivity index (χ3v) is 3.94. The third kappa shape index (κ3) is 3.83. The predicted molar refractivity (Wildman–Crippen MR) is 93.3 cm³/mol. The second-order valence-electron chi connectivity index (χ2n) is 5.64. The van der Waals surface area contributed by atoms with Gasteiger partial charge in [-0.25, -0.2) is 0 Å². The molecule has 2 aromatic rings. The molecular formula is C20H20N2O2. The van der Waals surface area contributed by atoms with Crippen molar-refractivity contribution in [3.05, 3.63) is 70.8 Å². The highest BCUT2D eigenvalue weighted by Crippen LogP contribution is 2.28. The highest BCUT2D eigenvalue weighted by Gasteiger charge is 2.20. The molecule has 122 valence electrons. The summed E-state index contributed by atoms with van der Waals surface area (Å²) in [5.41, 5.74) is 9.50. The number of benzene rings is 2. The average Bonchev–Trinajstić information content (AvgIpc) is 2.61. The monoisotopic (exact) mass is 320 g/mol. The van der Waals surface area contributed by atoms with Crippen molar-refractivity contribution in [3.8, 4) is 11.8 Å². The molecule has 0 saturated carbocycles. The van der Waals surface area contributed by atoms with Crippen LogP contribution in [0.3, 0.4) is 0 Å². The first-order chi connectivity index (χ1) is 11.8. The molecule has 0 fully saturated rings. The molecule has 0 bridgehead atoms. The van der Waals surface area contributed by atoms with E-state index in [2.05, 4.69) is 23.2 Å². The van der Waals surface area contributed by atoms with Crippen LogP contribution in [0.5, 0.6) is 0 Å². The summed E-state index contributed by atoms with van der Waals surface area (Å²) in [6.07, 6.45) is 0.479. The van der Waals surface area contributed by atoms with Crippen molar-refractivity contribution in [2.45, 2.75) is 12.5 Å². The van der Waals surface area contributed by atoms with Crippen LogP contribution in [0.2, 0.25) is 0 Å². The maximum absolute atomic E-state index is 11.8. The Kier molecular flexibility index (Phi) is 5.27. The standard InChI is InChI=1S/C20H20N2O2/c21-11-12-22-20(23)14-24-19-13-17-7-2-1-5-15(17)9-10-16-6-3-4-8-18(16)19/h1-8,19H,11-14,21H2,(H,22,23). The van der Waals surface area contributed by atoms with Crippen LogP contribution < -0.4 is 11.1 Å². The van der Waals surface area contributed by atoms with E-state index in [1.54, 1.807) is 0 Å². The van der Waals surface area contributed by atoms with Crippen LogP contribution >= 0.6 is 0 Å². The van der Waals surface area contributed by atoms with Crippen molar-refractivity contribution in [3.63, 3.8) is 0 Å². The lowest BCUT2D eigenvalue weighted by atomic mass is 9.92. The van der Waals surface area contributed by atoms with E-state index in [1.165, 1.54) is 0 Å². The predicted octanol–water partition coefficient (Wildman–Crippen LogP) is 1.78. The smallest absolute Gasteiger partial charge is 0.246 e. The van der Waals surface area contributed by atoms with Crippen molar-refractivity contribution < 1.29 is 9.53 Å². The molecule has 0 aromatic heterocycles. The van der Waals surface area contributed by atoms with Gasteiger partial charge in [-0.1, -0.05) is 48.2 Å². The van der Waals surface area contributed by atoms with Gasteiger partial charge in [-0.2, -0.15) is 0 Å². The summed E-state index contributed by atoms with van der Waals surface area (Å²) >= 11 is 0. The van der Waals surface area contributed by atoms with E-state index in [1.807, 2.05) is 42.5 Å². The Morgan fingerprint density at radius 1 is 1.12 bits per heavy atom. The van der Waals surface area contributed by atoms with Crippen molar-refractivity contribution in [1.82, 2.24) is 5.32 Å². The highest BCUT2D eigenvalue weighted by molar-refractivity contribution is 5.77. The van der Waals surface area contributed by atoms with Gasteiger partial charge in [0.15, 0.2) is 0 Å². The van der Waals surface area contributed by atoms with Crippen molar-refractivity contribution in [2.24, 2.45) is 5.73 Å². The molecule has 3 N–H and O–H groups in total. The first kappa shape index (κ1) is 16.3. The molecule has 3 rings (SSSR count). The zero-order valence-corrected chi connectivity index (χ0v) is 13.4. The SMILES string of the molecule is NCCNC(=O)COC1Cc2ccccc2C#Cc2ccccc21. The molecule has 0 aliphatic heterocycles. The largest absolute Gasteiger partial charge is 0.363 e. The van der Waals surface area contributed by atoms with E-state index in [-0.39, 0.29) is 18.6 Å². The molecule has 0 saturated heterocycles. The Morgan fingerprint density at radius 2 is 1.83 bits per heavy atom. The van der Waals surface area contributed by atoms with Gasteiger partial charge in [0.05, 0.1) is 6.10 Å². The molecule has 4 heteroatoms. The van der Waals surface area contributed by atoms with E-state index < -0.39 is 0 Å². The van der Waals surface area contributed by atoms with Crippen LogP contribution in [0.4, 0.5) is 0 Å². The third-order valence-electron chi connectivity index (χ3n) is 3.94.